The molecule has 1 saturated heterocycles. The fourth-order valence-electron chi connectivity index (χ4n) is 2.81. The zero-order valence-electron chi connectivity index (χ0n) is 14.2. The standard InChI is InChI=1S/C17H27N3O3/c1-13-11-20(12-14(2)23-13)16-8-5-4-7-15(16)19-17(21)18-9-6-10-22-3/h4-5,7-8,13-14H,6,9-12H2,1-3H3,(H2,18,19,21)/t13-,14-/m1/s1. The first-order valence-electron chi connectivity index (χ1n) is 8.13. The fourth-order valence-corrected chi connectivity index (χ4v) is 2.81. The van der Waals surface area contributed by atoms with E-state index in [4.69, 9.17) is 9.47 Å². The number of nitrogens with zero attached hydrogens (tertiary/aromatic N) is 1. The molecule has 0 aliphatic carbocycles. The summed E-state index contributed by atoms with van der Waals surface area (Å²) in [6.45, 7) is 7.01. The molecule has 0 bridgehead atoms. The van der Waals surface area contributed by atoms with Crippen molar-refractivity contribution in [3.8, 4) is 0 Å². The topological polar surface area (TPSA) is 62.8 Å². The number of urea groups is 1. The first kappa shape index (κ1) is 17.6. The highest BCUT2D eigenvalue weighted by Crippen LogP contribution is 2.28. The number of carbonyl (C=O) groups is 1. The molecule has 1 heterocycles. The number of para-hydroxylation sites is 2. The summed E-state index contributed by atoms with van der Waals surface area (Å²) in [6.07, 6.45) is 1.15. The molecular weight excluding hydrogens is 294 g/mol. The normalized spacial score (nSPS) is 21.1. The SMILES string of the molecule is COCCCNC(=O)Nc1ccccc1N1C[C@@H](C)O[C@H](C)C1. The predicted molar refractivity (Wildman–Crippen MR) is 92.2 cm³/mol. The van der Waals surface area contributed by atoms with Gasteiger partial charge in [0.05, 0.1) is 23.6 Å². The van der Waals surface area contributed by atoms with Crippen molar-refractivity contribution in [2.45, 2.75) is 32.5 Å². The second-order valence-corrected chi connectivity index (χ2v) is 5.91. The average molecular weight is 321 g/mol. The third-order valence-corrected chi connectivity index (χ3v) is 3.72. The van der Waals surface area contributed by atoms with Gasteiger partial charge in [-0.2, -0.15) is 0 Å². The Balaban J connectivity index is 1.98. The summed E-state index contributed by atoms with van der Waals surface area (Å²) < 4.78 is 10.8. The van der Waals surface area contributed by atoms with Crippen LogP contribution in [0.5, 0.6) is 0 Å². The van der Waals surface area contributed by atoms with Crippen LogP contribution in [0.4, 0.5) is 16.2 Å². The maximum Gasteiger partial charge on any atom is 0.319 e. The largest absolute Gasteiger partial charge is 0.385 e. The van der Waals surface area contributed by atoms with Crippen LogP contribution in [-0.2, 0) is 9.47 Å². The summed E-state index contributed by atoms with van der Waals surface area (Å²) in [5.41, 5.74) is 1.85. The Morgan fingerprint density at radius 1 is 1.30 bits per heavy atom. The van der Waals surface area contributed by atoms with Crippen LogP contribution in [0.2, 0.25) is 0 Å². The maximum atomic E-state index is 12.0. The number of methoxy groups -OCH3 is 1. The van der Waals surface area contributed by atoms with Crippen LogP contribution in [0.25, 0.3) is 0 Å². The van der Waals surface area contributed by atoms with Crippen molar-refractivity contribution in [2.24, 2.45) is 0 Å². The molecule has 128 valence electrons. The van der Waals surface area contributed by atoms with E-state index in [1.807, 2.05) is 24.3 Å². The number of anilines is 2. The van der Waals surface area contributed by atoms with Crippen LogP contribution in [-0.4, -0.2) is 51.6 Å². The zero-order valence-corrected chi connectivity index (χ0v) is 14.2. The molecule has 2 N–H and O–H groups in total. The summed E-state index contributed by atoms with van der Waals surface area (Å²) >= 11 is 0. The molecular formula is C17H27N3O3. The number of benzene rings is 1. The van der Waals surface area contributed by atoms with Crippen molar-refractivity contribution >= 4 is 17.4 Å². The Hall–Kier alpha value is -1.79. The maximum absolute atomic E-state index is 12.0. The number of morpholine rings is 1. The second-order valence-electron chi connectivity index (χ2n) is 5.91. The highest BCUT2D eigenvalue weighted by molar-refractivity contribution is 5.93. The molecule has 1 aromatic carbocycles. The van der Waals surface area contributed by atoms with Crippen LogP contribution in [0.3, 0.4) is 0 Å². The molecule has 1 aliphatic rings. The third kappa shape index (κ3) is 5.41. The average Bonchev–Trinajstić information content (AvgIpc) is 2.51. The van der Waals surface area contributed by atoms with Gasteiger partial charge in [-0.15, -0.1) is 0 Å². The Kier molecular flexibility index (Phi) is 6.67. The van der Waals surface area contributed by atoms with E-state index < -0.39 is 0 Å². The van der Waals surface area contributed by atoms with Crippen molar-refractivity contribution in [1.29, 1.82) is 0 Å². The summed E-state index contributed by atoms with van der Waals surface area (Å²) in [4.78, 5) is 14.3. The molecule has 2 amide bonds. The number of rotatable bonds is 6. The van der Waals surface area contributed by atoms with Gasteiger partial charge in [0.15, 0.2) is 0 Å². The number of hydrogen-bond donors (Lipinski definition) is 2. The lowest BCUT2D eigenvalue weighted by molar-refractivity contribution is -0.00517. The van der Waals surface area contributed by atoms with E-state index in [0.717, 1.165) is 30.9 Å². The van der Waals surface area contributed by atoms with Crippen LogP contribution >= 0.6 is 0 Å². The summed E-state index contributed by atoms with van der Waals surface area (Å²) in [5.74, 6) is 0. The molecule has 0 spiro atoms. The molecule has 0 aromatic heterocycles. The van der Waals surface area contributed by atoms with Gasteiger partial charge in [0.1, 0.15) is 0 Å². The van der Waals surface area contributed by atoms with Gasteiger partial charge in [-0.3, -0.25) is 0 Å². The Bertz CT molecular complexity index is 500. The number of amides is 2. The molecule has 0 radical (unpaired) electrons. The molecule has 1 aliphatic heterocycles. The fraction of sp³-hybridized carbons (Fsp3) is 0.588. The first-order valence-corrected chi connectivity index (χ1v) is 8.13. The molecule has 6 heteroatoms. The molecule has 2 rings (SSSR count). The van der Waals surface area contributed by atoms with E-state index in [1.54, 1.807) is 7.11 Å². The van der Waals surface area contributed by atoms with Crippen molar-refractivity contribution in [1.82, 2.24) is 5.32 Å². The van der Waals surface area contributed by atoms with Crippen molar-refractivity contribution < 1.29 is 14.3 Å². The monoisotopic (exact) mass is 321 g/mol. The lowest BCUT2D eigenvalue weighted by Crippen LogP contribution is -2.45. The van der Waals surface area contributed by atoms with Gasteiger partial charge in [-0.05, 0) is 32.4 Å². The summed E-state index contributed by atoms with van der Waals surface area (Å²) in [6, 6.07) is 7.68. The van der Waals surface area contributed by atoms with E-state index in [0.29, 0.717) is 13.2 Å². The van der Waals surface area contributed by atoms with E-state index in [1.165, 1.54) is 0 Å². The van der Waals surface area contributed by atoms with Gasteiger partial charge in [-0.25, -0.2) is 4.79 Å². The second kappa shape index (κ2) is 8.74. The van der Waals surface area contributed by atoms with Gasteiger partial charge >= 0.3 is 6.03 Å². The molecule has 23 heavy (non-hydrogen) atoms. The number of ether oxygens (including phenoxy) is 2. The van der Waals surface area contributed by atoms with Crippen molar-refractivity contribution in [3.05, 3.63) is 24.3 Å². The Labute approximate surface area is 138 Å². The number of carbonyl (C=O) groups excluding carboxylic acids is 1. The van der Waals surface area contributed by atoms with Crippen LogP contribution in [0.1, 0.15) is 20.3 Å². The van der Waals surface area contributed by atoms with Gasteiger partial charge in [0.2, 0.25) is 0 Å². The molecule has 1 aromatic rings. The highest BCUT2D eigenvalue weighted by Gasteiger charge is 2.24. The molecule has 0 saturated carbocycles. The Morgan fingerprint density at radius 3 is 2.70 bits per heavy atom. The van der Waals surface area contributed by atoms with E-state index in [9.17, 15) is 4.79 Å². The zero-order chi connectivity index (χ0) is 16.7. The van der Waals surface area contributed by atoms with Gasteiger partial charge in [-0.1, -0.05) is 12.1 Å². The van der Waals surface area contributed by atoms with E-state index >= 15 is 0 Å². The lowest BCUT2D eigenvalue weighted by atomic mass is 10.1. The van der Waals surface area contributed by atoms with Crippen molar-refractivity contribution in [3.63, 3.8) is 0 Å². The van der Waals surface area contributed by atoms with Gasteiger partial charge in [0, 0.05) is 33.4 Å². The van der Waals surface area contributed by atoms with E-state index in [-0.39, 0.29) is 18.2 Å². The minimum Gasteiger partial charge on any atom is -0.385 e. The molecule has 6 nitrogen and oxygen atoms in total. The molecule has 0 unspecified atom stereocenters. The van der Waals surface area contributed by atoms with Gasteiger partial charge < -0.3 is 25.0 Å². The van der Waals surface area contributed by atoms with E-state index in [2.05, 4.69) is 29.4 Å². The summed E-state index contributed by atoms with van der Waals surface area (Å²) in [7, 11) is 1.65. The minimum atomic E-state index is -0.192. The first-order chi connectivity index (χ1) is 11.1. The van der Waals surface area contributed by atoms with Crippen molar-refractivity contribution in [2.75, 3.05) is 43.6 Å². The van der Waals surface area contributed by atoms with Crippen LogP contribution in [0, 0.1) is 0 Å². The minimum absolute atomic E-state index is 0.176. The Morgan fingerprint density at radius 2 is 2.00 bits per heavy atom. The lowest BCUT2D eigenvalue weighted by Gasteiger charge is -2.37. The highest BCUT2D eigenvalue weighted by atomic mass is 16.5. The van der Waals surface area contributed by atoms with Gasteiger partial charge in [0.25, 0.3) is 0 Å². The summed E-state index contributed by atoms with van der Waals surface area (Å²) in [5, 5.41) is 5.78. The quantitative estimate of drug-likeness (QED) is 0.790. The predicted octanol–water partition coefficient (Wildman–Crippen LogP) is 2.46. The number of hydrogen-bond acceptors (Lipinski definition) is 4. The smallest absolute Gasteiger partial charge is 0.319 e. The molecule has 1 fully saturated rings. The number of nitrogens with one attached hydrogen (secondary N) is 2. The molecule has 2 atom stereocenters. The third-order valence-electron chi connectivity index (χ3n) is 3.72. The van der Waals surface area contributed by atoms with Crippen LogP contribution in [0.15, 0.2) is 24.3 Å². The van der Waals surface area contributed by atoms with Crippen LogP contribution < -0.4 is 15.5 Å².